The summed E-state index contributed by atoms with van der Waals surface area (Å²) in [4.78, 5) is 14.1. The molecule has 176 valence electrons. The molecule has 1 unspecified atom stereocenters. The Bertz CT molecular complexity index is 1390. The number of aryl methyl sites for hydroxylation is 2. The first-order valence-electron chi connectivity index (χ1n) is 12.1. The van der Waals surface area contributed by atoms with Gasteiger partial charge in [-0.1, -0.05) is 36.3 Å². The van der Waals surface area contributed by atoms with Crippen molar-refractivity contribution >= 4 is 26.5 Å². The van der Waals surface area contributed by atoms with Crippen LogP contribution in [0, 0.1) is 25.7 Å². The average Bonchev–Trinajstić information content (AvgIpc) is 3.50. The molecule has 0 bridgehead atoms. The third kappa shape index (κ3) is 5.11. The third-order valence-electron chi connectivity index (χ3n) is 6.49. The van der Waals surface area contributed by atoms with Gasteiger partial charge in [0, 0.05) is 39.6 Å². The van der Waals surface area contributed by atoms with Crippen LogP contribution in [-0.4, -0.2) is 18.2 Å². The van der Waals surface area contributed by atoms with Gasteiger partial charge in [0.15, 0.2) is 21.8 Å². The van der Waals surface area contributed by atoms with Crippen LogP contribution in [0.15, 0.2) is 78.2 Å². The van der Waals surface area contributed by atoms with Crippen molar-refractivity contribution in [2.75, 3.05) is 6.61 Å². The lowest BCUT2D eigenvalue weighted by molar-refractivity contribution is -0.156. The first-order valence-corrected chi connectivity index (χ1v) is 13.4. The van der Waals surface area contributed by atoms with E-state index in [0.717, 1.165) is 48.1 Å². The Morgan fingerprint density at radius 3 is 2.37 bits per heavy atom. The lowest BCUT2D eigenvalue weighted by atomic mass is 10.0. The number of carbonyl (C=O) groups is 1. The molecule has 0 radical (unpaired) electrons. The molecule has 1 atom stereocenters. The molecular weight excluding hydrogens is 452 g/mol. The van der Waals surface area contributed by atoms with E-state index in [4.69, 9.17) is 9.47 Å². The highest BCUT2D eigenvalue weighted by Gasteiger charge is 2.36. The maximum absolute atomic E-state index is 12.8. The molecule has 0 aliphatic heterocycles. The maximum Gasteiger partial charge on any atom is 0.345 e. The molecule has 1 fully saturated rings. The summed E-state index contributed by atoms with van der Waals surface area (Å²) >= 11 is 0. The molecule has 1 aliphatic rings. The predicted octanol–water partition coefficient (Wildman–Crippen LogP) is 7.48. The number of esters is 1. The van der Waals surface area contributed by atoms with Gasteiger partial charge >= 0.3 is 5.97 Å². The van der Waals surface area contributed by atoms with Crippen LogP contribution in [0.5, 0.6) is 5.75 Å². The van der Waals surface area contributed by atoms with Gasteiger partial charge in [0.25, 0.3) is 0 Å². The van der Waals surface area contributed by atoms with Gasteiger partial charge in [-0.25, -0.2) is 4.79 Å². The van der Waals surface area contributed by atoms with E-state index in [-0.39, 0.29) is 23.0 Å². The van der Waals surface area contributed by atoms with Crippen LogP contribution in [0.2, 0.25) is 0 Å². The maximum atomic E-state index is 12.8. The Hall–Kier alpha value is -3.55. The van der Waals surface area contributed by atoms with Crippen LogP contribution in [0.4, 0.5) is 0 Å². The number of thiophene rings is 1. The number of ether oxygens (including phenoxy) is 2. The van der Waals surface area contributed by atoms with Gasteiger partial charge in [0.05, 0.1) is 0 Å². The van der Waals surface area contributed by atoms with Crippen molar-refractivity contribution in [3.8, 4) is 22.5 Å². The Kier molecular flexibility index (Phi) is 6.61. The molecule has 3 aromatic carbocycles. The number of hydrogen-bond acceptors (Lipinski definition) is 3. The summed E-state index contributed by atoms with van der Waals surface area (Å²) in [5, 5.41) is 3.55. The lowest BCUT2D eigenvalue weighted by Crippen LogP contribution is -2.32. The van der Waals surface area contributed by atoms with E-state index < -0.39 is 5.60 Å². The summed E-state index contributed by atoms with van der Waals surface area (Å²) in [5.74, 6) is 6.83. The molecule has 0 amide bonds. The highest BCUT2D eigenvalue weighted by Crippen LogP contribution is 2.42. The molecule has 0 saturated heterocycles. The highest BCUT2D eigenvalue weighted by atomic mass is 32.2. The molecule has 0 spiro atoms. The summed E-state index contributed by atoms with van der Waals surface area (Å²) in [7, 11) is -0.0774. The normalized spacial score (nSPS) is 14.9. The topological polar surface area (TPSA) is 35.5 Å². The van der Waals surface area contributed by atoms with Crippen molar-refractivity contribution in [2.45, 2.75) is 45.1 Å². The summed E-state index contributed by atoms with van der Waals surface area (Å²) in [6.45, 7) is 3.95. The van der Waals surface area contributed by atoms with Crippen molar-refractivity contribution < 1.29 is 14.3 Å². The zero-order valence-electron chi connectivity index (χ0n) is 20.2. The summed E-state index contributed by atoms with van der Waals surface area (Å²) in [6.07, 6.45) is 3.55. The Morgan fingerprint density at radius 1 is 0.943 bits per heavy atom. The third-order valence-corrected chi connectivity index (χ3v) is 8.49. The van der Waals surface area contributed by atoms with E-state index in [1.165, 1.54) is 15.0 Å². The second-order valence-electron chi connectivity index (χ2n) is 9.14. The van der Waals surface area contributed by atoms with Crippen LogP contribution in [0.3, 0.4) is 0 Å². The second-order valence-corrected chi connectivity index (χ2v) is 11.0. The van der Waals surface area contributed by atoms with Gasteiger partial charge in [-0.2, -0.15) is 0 Å². The largest absolute Gasteiger partial charge is 0.481 e. The molecule has 4 aromatic rings. The fourth-order valence-corrected chi connectivity index (χ4v) is 6.85. The molecule has 35 heavy (non-hydrogen) atoms. The van der Waals surface area contributed by atoms with Gasteiger partial charge in [-0.3, -0.25) is 0 Å². The molecule has 5 rings (SSSR count). The van der Waals surface area contributed by atoms with Gasteiger partial charge in [-0.15, -0.1) is 0 Å². The summed E-state index contributed by atoms with van der Waals surface area (Å²) < 4.78 is 13.3. The molecule has 1 aliphatic carbocycles. The molecule has 1 saturated carbocycles. The zero-order chi connectivity index (χ0) is 24.3. The van der Waals surface area contributed by atoms with Crippen molar-refractivity contribution in [1.82, 2.24) is 0 Å². The minimum absolute atomic E-state index is 0.0774. The van der Waals surface area contributed by atoms with E-state index in [1.807, 2.05) is 44.2 Å². The Balaban J connectivity index is 1.29. The standard InChI is InChI=1S/C31H29O3S/c1-23-20-27(35-19-15-26-12-6-7-13-28(26)35)21-24(2)30(23)33-22-29(32)34-31(16-8-9-17-31)18-14-25-10-4-3-5-11-25/h3-7,10-13,15,19-21H,8-9,16-17,22H2,1-2H3/q+1. The molecule has 4 heteroatoms. The predicted molar refractivity (Wildman–Crippen MR) is 143 cm³/mol. The summed E-state index contributed by atoms with van der Waals surface area (Å²) in [6, 6.07) is 24.9. The molecule has 0 N–H and O–H groups in total. The minimum Gasteiger partial charge on any atom is -0.481 e. The molecule has 1 aromatic heterocycles. The van der Waals surface area contributed by atoms with E-state index in [1.54, 1.807) is 0 Å². The van der Waals surface area contributed by atoms with Gasteiger partial charge < -0.3 is 9.47 Å². The Labute approximate surface area is 209 Å². The lowest BCUT2D eigenvalue weighted by Gasteiger charge is -2.23. The number of hydrogen-bond donors (Lipinski definition) is 0. The van der Waals surface area contributed by atoms with E-state index in [2.05, 4.69) is 59.7 Å². The first-order chi connectivity index (χ1) is 17.0. The van der Waals surface area contributed by atoms with Crippen LogP contribution in [0.1, 0.15) is 42.4 Å². The minimum atomic E-state index is -0.715. The van der Waals surface area contributed by atoms with Crippen LogP contribution in [0.25, 0.3) is 15.0 Å². The van der Waals surface area contributed by atoms with Crippen molar-refractivity contribution in [1.29, 1.82) is 0 Å². The van der Waals surface area contributed by atoms with Crippen LogP contribution >= 0.6 is 10.5 Å². The quantitative estimate of drug-likeness (QED) is 0.168. The Morgan fingerprint density at radius 2 is 1.63 bits per heavy atom. The monoisotopic (exact) mass is 481 g/mol. The molecule has 3 nitrogen and oxygen atoms in total. The number of carbonyl (C=O) groups excluding carboxylic acids is 1. The highest BCUT2D eigenvalue weighted by molar-refractivity contribution is 7.43. The number of fused-ring (bicyclic) bond motifs is 1. The fraction of sp³-hybridized carbons (Fsp3) is 0.258. The SMILES string of the molecule is Cc1cc(-[s+]2ccc3ccccc32)cc(C)c1OCC(=O)OC1(C#Cc2ccccc2)CCCC1. The van der Waals surface area contributed by atoms with Crippen LogP contribution < -0.4 is 4.74 Å². The summed E-state index contributed by atoms with van der Waals surface area (Å²) in [5.41, 5.74) is 2.26. The molecule has 1 heterocycles. The smallest absolute Gasteiger partial charge is 0.345 e. The number of benzene rings is 3. The first kappa shape index (κ1) is 23.2. The number of rotatable bonds is 5. The fourth-order valence-electron chi connectivity index (χ4n) is 4.79. The van der Waals surface area contributed by atoms with Crippen molar-refractivity contribution in [3.63, 3.8) is 0 Å². The zero-order valence-corrected chi connectivity index (χ0v) is 21.0. The van der Waals surface area contributed by atoms with Gasteiger partial charge in [0.2, 0.25) is 0 Å². The van der Waals surface area contributed by atoms with Gasteiger partial charge in [-0.05, 0) is 80.8 Å². The van der Waals surface area contributed by atoms with Crippen molar-refractivity contribution in [2.24, 2.45) is 0 Å². The van der Waals surface area contributed by atoms with E-state index in [0.29, 0.717) is 0 Å². The van der Waals surface area contributed by atoms with E-state index in [9.17, 15) is 4.79 Å². The second kappa shape index (κ2) is 9.98. The van der Waals surface area contributed by atoms with E-state index >= 15 is 0 Å². The van der Waals surface area contributed by atoms with Gasteiger partial charge in [0.1, 0.15) is 11.1 Å². The average molecular weight is 482 g/mol. The van der Waals surface area contributed by atoms with Crippen molar-refractivity contribution in [3.05, 3.63) is 94.9 Å². The molecular formula is C31H29O3S+. The van der Waals surface area contributed by atoms with Crippen LogP contribution in [-0.2, 0) is 9.53 Å².